The van der Waals surface area contributed by atoms with Crippen molar-refractivity contribution < 1.29 is 4.39 Å². The lowest BCUT2D eigenvalue weighted by Crippen LogP contribution is -1.97. The zero-order chi connectivity index (χ0) is 16.0. The van der Waals surface area contributed by atoms with E-state index in [1.807, 2.05) is 50.2 Å². The van der Waals surface area contributed by atoms with Gasteiger partial charge in [-0.05, 0) is 42.6 Å². The third-order valence-electron chi connectivity index (χ3n) is 4.00. The summed E-state index contributed by atoms with van der Waals surface area (Å²) in [5.74, 6) is -0.348. The van der Waals surface area contributed by atoms with Gasteiger partial charge in [0.25, 0.3) is 0 Å². The van der Waals surface area contributed by atoms with Crippen molar-refractivity contribution in [3.05, 3.63) is 65.5 Å². The Morgan fingerprint density at radius 1 is 0.826 bits per heavy atom. The Labute approximate surface area is 132 Å². The molecular weight excluding hydrogens is 289 g/mol. The summed E-state index contributed by atoms with van der Waals surface area (Å²) < 4.78 is 14.8. The lowest BCUT2D eigenvalue weighted by Gasteiger charge is -2.09. The molecule has 3 nitrogen and oxygen atoms in total. The Bertz CT molecular complexity index is 1040. The highest BCUT2D eigenvalue weighted by Gasteiger charge is 2.14. The molecule has 112 valence electrons. The molecule has 0 aliphatic heterocycles. The van der Waals surface area contributed by atoms with E-state index in [9.17, 15) is 4.39 Å². The summed E-state index contributed by atoms with van der Waals surface area (Å²) in [4.78, 5) is 0. The number of fused-ring (bicyclic) bond motifs is 2. The van der Waals surface area contributed by atoms with Gasteiger partial charge in [-0.2, -0.15) is 0 Å². The third-order valence-corrected chi connectivity index (χ3v) is 4.00. The van der Waals surface area contributed by atoms with Crippen LogP contribution in [-0.4, -0.2) is 15.4 Å². The van der Waals surface area contributed by atoms with Crippen LogP contribution in [0.2, 0.25) is 0 Å². The van der Waals surface area contributed by atoms with Crippen LogP contribution in [0.15, 0.2) is 48.5 Å². The van der Waals surface area contributed by atoms with Crippen molar-refractivity contribution in [2.75, 3.05) is 0 Å². The Kier molecular flexibility index (Phi) is 3.05. The average Bonchev–Trinajstić information content (AvgIpc) is 2.54. The van der Waals surface area contributed by atoms with E-state index < -0.39 is 0 Å². The smallest absolute Gasteiger partial charge is 0.159 e. The molecule has 0 aliphatic carbocycles. The van der Waals surface area contributed by atoms with Crippen LogP contribution < -0.4 is 0 Å². The first-order chi connectivity index (χ1) is 11.1. The molecule has 0 aliphatic rings. The van der Waals surface area contributed by atoms with E-state index in [0.29, 0.717) is 16.5 Å². The van der Waals surface area contributed by atoms with E-state index in [-0.39, 0.29) is 11.3 Å². The van der Waals surface area contributed by atoms with E-state index >= 15 is 0 Å². The van der Waals surface area contributed by atoms with Crippen LogP contribution in [-0.2, 0) is 0 Å². The summed E-state index contributed by atoms with van der Waals surface area (Å²) >= 11 is 0. The molecule has 0 amide bonds. The molecule has 0 fully saturated rings. The molecule has 4 heteroatoms. The quantitative estimate of drug-likeness (QED) is 0.482. The van der Waals surface area contributed by atoms with Crippen LogP contribution in [0.1, 0.15) is 11.1 Å². The Hall–Kier alpha value is -2.88. The number of hydrogen-bond donors (Lipinski definition) is 0. The highest BCUT2D eigenvalue weighted by Crippen LogP contribution is 2.31. The topological polar surface area (TPSA) is 38.7 Å². The minimum Gasteiger partial charge on any atom is -0.204 e. The summed E-state index contributed by atoms with van der Waals surface area (Å²) in [6.07, 6.45) is 0. The Morgan fingerprint density at radius 2 is 1.57 bits per heavy atom. The summed E-state index contributed by atoms with van der Waals surface area (Å²) in [6.45, 7) is 4.06. The van der Waals surface area contributed by atoms with Gasteiger partial charge in [0.05, 0.1) is 0 Å². The lowest BCUT2D eigenvalue weighted by atomic mass is 10.00. The number of benzene rings is 3. The number of rotatable bonds is 1. The van der Waals surface area contributed by atoms with Crippen LogP contribution >= 0.6 is 0 Å². The molecule has 0 unspecified atom stereocenters. The molecule has 1 heterocycles. The van der Waals surface area contributed by atoms with Gasteiger partial charge in [0.15, 0.2) is 5.82 Å². The molecule has 0 bridgehead atoms. The van der Waals surface area contributed by atoms with Gasteiger partial charge in [0.2, 0.25) is 0 Å². The molecule has 4 rings (SSSR count). The highest BCUT2D eigenvalue weighted by molar-refractivity contribution is 6.02. The first-order valence-electron chi connectivity index (χ1n) is 7.42. The maximum atomic E-state index is 14.8. The predicted molar refractivity (Wildman–Crippen MR) is 89.7 cm³/mol. The molecule has 0 N–H and O–H groups in total. The van der Waals surface area contributed by atoms with E-state index in [1.54, 1.807) is 6.07 Å². The molecule has 0 spiro atoms. The maximum Gasteiger partial charge on any atom is 0.159 e. The number of aromatic nitrogens is 3. The lowest BCUT2D eigenvalue weighted by molar-refractivity contribution is 0.645. The van der Waals surface area contributed by atoms with Crippen LogP contribution in [0, 0.1) is 19.7 Å². The first-order valence-corrected chi connectivity index (χ1v) is 7.42. The van der Waals surface area contributed by atoms with Gasteiger partial charge in [-0.3, -0.25) is 0 Å². The SMILES string of the molecule is Cc1cc(C)cc(-c2nnnc3c(F)c4ccccc4cc23)c1. The number of halogens is 1. The number of hydrogen-bond acceptors (Lipinski definition) is 3. The Morgan fingerprint density at radius 3 is 2.35 bits per heavy atom. The molecular formula is C19H14FN3. The van der Waals surface area contributed by atoms with Crippen molar-refractivity contribution in [1.82, 2.24) is 15.4 Å². The fourth-order valence-electron chi connectivity index (χ4n) is 3.06. The fraction of sp³-hybridized carbons (Fsp3) is 0.105. The van der Waals surface area contributed by atoms with Gasteiger partial charge < -0.3 is 0 Å². The van der Waals surface area contributed by atoms with Gasteiger partial charge in [-0.15, -0.1) is 10.2 Å². The van der Waals surface area contributed by atoms with Crippen LogP contribution in [0.5, 0.6) is 0 Å². The summed E-state index contributed by atoms with van der Waals surface area (Å²) in [7, 11) is 0. The standard InChI is InChI=1S/C19H14FN3/c1-11-7-12(2)9-14(8-11)18-16-10-13-5-3-4-6-15(13)17(20)19(16)22-23-21-18/h3-10H,1-2H3. The van der Waals surface area contributed by atoms with E-state index in [4.69, 9.17) is 0 Å². The van der Waals surface area contributed by atoms with Crippen molar-refractivity contribution in [2.24, 2.45) is 0 Å². The van der Waals surface area contributed by atoms with Gasteiger partial charge in [-0.25, -0.2) is 4.39 Å². The van der Waals surface area contributed by atoms with Crippen LogP contribution in [0.25, 0.3) is 32.9 Å². The minimum atomic E-state index is -0.348. The highest BCUT2D eigenvalue weighted by atomic mass is 19.1. The van der Waals surface area contributed by atoms with Crippen LogP contribution in [0.3, 0.4) is 0 Å². The van der Waals surface area contributed by atoms with Crippen molar-refractivity contribution in [3.63, 3.8) is 0 Å². The average molecular weight is 303 g/mol. The van der Waals surface area contributed by atoms with E-state index in [0.717, 1.165) is 22.1 Å². The van der Waals surface area contributed by atoms with E-state index in [1.165, 1.54) is 0 Å². The third kappa shape index (κ3) is 2.23. The maximum absolute atomic E-state index is 14.8. The van der Waals surface area contributed by atoms with Crippen molar-refractivity contribution in [2.45, 2.75) is 13.8 Å². The normalized spacial score (nSPS) is 11.3. The van der Waals surface area contributed by atoms with Gasteiger partial charge in [-0.1, -0.05) is 41.5 Å². The predicted octanol–water partition coefficient (Wildman–Crippen LogP) is 4.60. The zero-order valence-electron chi connectivity index (χ0n) is 12.8. The zero-order valence-corrected chi connectivity index (χ0v) is 12.8. The molecule has 4 aromatic rings. The molecule has 0 radical (unpaired) electrons. The molecule has 1 aromatic heterocycles. The second-order valence-electron chi connectivity index (χ2n) is 5.82. The number of nitrogens with zero attached hydrogens (tertiary/aromatic N) is 3. The van der Waals surface area contributed by atoms with Gasteiger partial charge >= 0.3 is 0 Å². The summed E-state index contributed by atoms with van der Waals surface area (Å²) in [5.41, 5.74) is 4.11. The minimum absolute atomic E-state index is 0.257. The van der Waals surface area contributed by atoms with Gasteiger partial charge in [0.1, 0.15) is 11.2 Å². The van der Waals surface area contributed by atoms with E-state index in [2.05, 4.69) is 21.5 Å². The molecule has 23 heavy (non-hydrogen) atoms. The van der Waals surface area contributed by atoms with Gasteiger partial charge in [0, 0.05) is 16.3 Å². The summed E-state index contributed by atoms with van der Waals surface area (Å²) in [5, 5.41) is 13.9. The largest absolute Gasteiger partial charge is 0.204 e. The monoisotopic (exact) mass is 303 g/mol. The second kappa shape index (κ2) is 5.09. The van der Waals surface area contributed by atoms with Crippen LogP contribution in [0.4, 0.5) is 4.39 Å². The van der Waals surface area contributed by atoms with Crippen molar-refractivity contribution in [1.29, 1.82) is 0 Å². The Balaban J connectivity index is 2.12. The van der Waals surface area contributed by atoms with Crippen molar-refractivity contribution in [3.8, 4) is 11.3 Å². The molecule has 0 saturated carbocycles. The van der Waals surface area contributed by atoms with Crippen molar-refractivity contribution >= 4 is 21.7 Å². The second-order valence-corrected chi connectivity index (χ2v) is 5.82. The molecule has 3 aromatic carbocycles. The first kappa shape index (κ1) is 13.8. The molecule has 0 atom stereocenters. The summed E-state index contributed by atoms with van der Waals surface area (Å²) in [6, 6.07) is 15.4. The number of aryl methyl sites for hydroxylation is 2. The fourth-order valence-corrected chi connectivity index (χ4v) is 3.06. The molecule has 0 saturated heterocycles.